The third kappa shape index (κ3) is 1.76. The van der Waals surface area contributed by atoms with E-state index >= 15 is 0 Å². The van der Waals surface area contributed by atoms with Gasteiger partial charge in [0.1, 0.15) is 0 Å². The average molecular weight is 266 g/mol. The molecule has 4 rings (SSSR count). The Morgan fingerprint density at radius 3 is 2.47 bits per heavy atom. The molecule has 0 aromatic heterocycles. The molecule has 8 atom stereocenters. The molecule has 106 valence electrons. The minimum absolute atomic E-state index is 0.125. The summed E-state index contributed by atoms with van der Waals surface area (Å²) in [5.74, 6) is 0.134. The second-order valence-electron chi connectivity index (χ2n) is 7.32. The van der Waals surface area contributed by atoms with Crippen molar-refractivity contribution in [3.63, 3.8) is 0 Å². The molecule has 2 heterocycles. The van der Waals surface area contributed by atoms with Gasteiger partial charge in [-0.15, -0.1) is 0 Å². The molecule has 0 aromatic carbocycles. The van der Waals surface area contributed by atoms with Crippen molar-refractivity contribution in [1.29, 1.82) is 0 Å². The molecule has 4 aliphatic rings. The van der Waals surface area contributed by atoms with Crippen LogP contribution in [0.25, 0.3) is 0 Å². The number of carbonyl (C=O) groups is 1. The smallest absolute Gasteiger partial charge is 0.307 e. The van der Waals surface area contributed by atoms with E-state index in [2.05, 4.69) is 13.8 Å². The van der Waals surface area contributed by atoms with Crippen LogP contribution in [-0.2, 0) is 14.3 Å². The molecule has 0 amide bonds. The number of epoxide rings is 2. The molecule has 0 aromatic rings. The van der Waals surface area contributed by atoms with Gasteiger partial charge in [0.05, 0.1) is 30.3 Å². The van der Waals surface area contributed by atoms with E-state index in [4.69, 9.17) is 9.47 Å². The maximum Gasteiger partial charge on any atom is 0.307 e. The summed E-state index contributed by atoms with van der Waals surface area (Å²) < 4.78 is 11.3. The molecule has 4 nitrogen and oxygen atoms in total. The van der Waals surface area contributed by atoms with Crippen molar-refractivity contribution in [3.8, 4) is 0 Å². The number of hydrogen-bond acceptors (Lipinski definition) is 3. The fourth-order valence-electron chi connectivity index (χ4n) is 4.96. The maximum absolute atomic E-state index is 11.7. The van der Waals surface area contributed by atoms with Gasteiger partial charge < -0.3 is 14.6 Å². The van der Waals surface area contributed by atoms with Gasteiger partial charge in [-0.25, -0.2) is 0 Å². The van der Waals surface area contributed by atoms with Gasteiger partial charge in [0, 0.05) is 0 Å². The lowest BCUT2D eigenvalue weighted by atomic mass is 9.55. The normalized spacial score (nSPS) is 58.9. The largest absolute Gasteiger partial charge is 0.481 e. The number of hydrogen-bond donors (Lipinski definition) is 1. The minimum atomic E-state index is -0.637. The summed E-state index contributed by atoms with van der Waals surface area (Å²) in [6, 6.07) is 0. The molecule has 1 N–H and O–H groups in total. The average Bonchev–Trinajstić information content (AvgIpc) is 3.19. The molecule has 2 saturated carbocycles. The highest BCUT2D eigenvalue weighted by Crippen LogP contribution is 2.59. The molecule has 19 heavy (non-hydrogen) atoms. The Kier molecular flexibility index (Phi) is 2.39. The van der Waals surface area contributed by atoms with Crippen LogP contribution >= 0.6 is 0 Å². The van der Waals surface area contributed by atoms with Gasteiger partial charge in [0.15, 0.2) is 0 Å². The van der Waals surface area contributed by atoms with Crippen LogP contribution in [0.1, 0.15) is 39.5 Å². The fourth-order valence-corrected chi connectivity index (χ4v) is 4.96. The summed E-state index contributed by atoms with van der Waals surface area (Å²) in [4.78, 5) is 11.7. The van der Waals surface area contributed by atoms with Gasteiger partial charge in [-0.2, -0.15) is 0 Å². The van der Waals surface area contributed by atoms with Crippen LogP contribution in [0.5, 0.6) is 0 Å². The lowest BCUT2D eigenvalue weighted by Crippen LogP contribution is -2.48. The molecule has 4 fully saturated rings. The van der Waals surface area contributed by atoms with Crippen LogP contribution in [0.2, 0.25) is 0 Å². The van der Waals surface area contributed by atoms with Crippen LogP contribution in [0.15, 0.2) is 0 Å². The van der Waals surface area contributed by atoms with E-state index in [1.807, 2.05) is 0 Å². The van der Waals surface area contributed by atoms with E-state index < -0.39 is 5.97 Å². The number of carboxylic acid groups (broad SMARTS) is 1. The van der Waals surface area contributed by atoms with E-state index in [0.717, 1.165) is 19.3 Å². The van der Waals surface area contributed by atoms with Crippen molar-refractivity contribution >= 4 is 5.97 Å². The van der Waals surface area contributed by atoms with Gasteiger partial charge in [-0.05, 0) is 42.9 Å². The van der Waals surface area contributed by atoms with Crippen LogP contribution in [0, 0.1) is 23.2 Å². The Morgan fingerprint density at radius 1 is 1.11 bits per heavy atom. The monoisotopic (exact) mass is 266 g/mol. The van der Waals surface area contributed by atoms with Crippen LogP contribution in [0.4, 0.5) is 0 Å². The van der Waals surface area contributed by atoms with Gasteiger partial charge in [0.2, 0.25) is 0 Å². The highest BCUT2D eigenvalue weighted by molar-refractivity contribution is 5.71. The number of carboxylic acids is 1. The number of rotatable bonds is 2. The van der Waals surface area contributed by atoms with Crippen LogP contribution < -0.4 is 0 Å². The first-order valence-corrected chi connectivity index (χ1v) is 7.53. The Labute approximate surface area is 113 Å². The summed E-state index contributed by atoms with van der Waals surface area (Å²) in [5.41, 5.74) is -0.125. The number of aliphatic carboxylic acids is 1. The molecule has 2 saturated heterocycles. The van der Waals surface area contributed by atoms with Crippen molar-refractivity contribution in [2.45, 2.75) is 63.9 Å². The van der Waals surface area contributed by atoms with Gasteiger partial charge in [0.25, 0.3) is 0 Å². The molecule has 2 aliphatic heterocycles. The first kappa shape index (κ1) is 12.2. The summed E-state index contributed by atoms with van der Waals surface area (Å²) in [6.07, 6.45) is 5.19. The summed E-state index contributed by atoms with van der Waals surface area (Å²) in [7, 11) is 0. The van der Waals surface area contributed by atoms with Crippen molar-refractivity contribution < 1.29 is 19.4 Å². The second-order valence-corrected chi connectivity index (χ2v) is 7.32. The maximum atomic E-state index is 11.7. The zero-order valence-corrected chi connectivity index (χ0v) is 11.5. The predicted molar refractivity (Wildman–Crippen MR) is 67.7 cm³/mol. The molecule has 0 radical (unpaired) electrons. The number of fused-ring (bicyclic) bond motifs is 2. The first-order chi connectivity index (χ1) is 8.99. The van der Waals surface area contributed by atoms with E-state index in [-0.39, 0.29) is 17.4 Å². The Morgan fingerprint density at radius 2 is 1.74 bits per heavy atom. The van der Waals surface area contributed by atoms with Gasteiger partial charge in [-0.3, -0.25) is 4.79 Å². The first-order valence-electron chi connectivity index (χ1n) is 7.53. The van der Waals surface area contributed by atoms with Gasteiger partial charge >= 0.3 is 5.97 Å². The third-order valence-corrected chi connectivity index (χ3v) is 6.20. The molecule has 0 spiro atoms. The number of ether oxygens (including phenoxy) is 2. The molecule has 8 unspecified atom stereocenters. The minimum Gasteiger partial charge on any atom is -0.481 e. The lowest BCUT2D eigenvalue weighted by Gasteiger charge is -2.47. The van der Waals surface area contributed by atoms with E-state index in [9.17, 15) is 9.90 Å². The van der Waals surface area contributed by atoms with Crippen molar-refractivity contribution in [2.24, 2.45) is 23.2 Å². The summed E-state index contributed by atoms with van der Waals surface area (Å²) in [5, 5.41) is 9.62. The van der Waals surface area contributed by atoms with Gasteiger partial charge in [-0.1, -0.05) is 13.8 Å². The molecular formula is C15H22O4. The summed E-state index contributed by atoms with van der Waals surface area (Å²) in [6.45, 7) is 4.46. The third-order valence-electron chi connectivity index (χ3n) is 6.20. The van der Waals surface area contributed by atoms with E-state index in [1.165, 1.54) is 0 Å². The molecular weight excluding hydrogens is 244 g/mol. The summed E-state index contributed by atoms with van der Waals surface area (Å²) >= 11 is 0. The van der Waals surface area contributed by atoms with Crippen LogP contribution in [-0.4, -0.2) is 35.5 Å². The molecule has 2 aliphatic carbocycles. The quantitative estimate of drug-likeness (QED) is 0.777. The topological polar surface area (TPSA) is 62.4 Å². The molecule has 0 bridgehead atoms. The second kappa shape index (κ2) is 3.73. The van der Waals surface area contributed by atoms with Crippen molar-refractivity contribution in [2.75, 3.05) is 0 Å². The highest BCUT2D eigenvalue weighted by Gasteiger charge is 2.61. The Balaban J connectivity index is 1.63. The van der Waals surface area contributed by atoms with Crippen molar-refractivity contribution in [3.05, 3.63) is 0 Å². The predicted octanol–water partition coefficient (Wildman–Crippen LogP) is 2.07. The Bertz CT molecular complexity index is 422. The standard InChI is InChI=1S/C15H22O4/c1-7-3-10-11(18-10)4-8(7)15(2)6-13-12(19-13)5-9(15)14(16)17/h7-13H,3-6H2,1-2H3,(H,16,17). The van der Waals surface area contributed by atoms with E-state index in [0.29, 0.717) is 36.6 Å². The van der Waals surface area contributed by atoms with E-state index in [1.54, 1.807) is 0 Å². The lowest BCUT2D eigenvalue weighted by molar-refractivity contribution is -0.151. The SMILES string of the molecule is CC1CC2OC2CC1C1(C)CC2OC2CC1C(=O)O. The molecule has 4 heteroatoms. The van der Waals surface area contributed by atoms with Crippen molar-refractivity contribution in [1.82, 2.24) is 0 Å². The fraction of sp³-hybridized carbons (Fsp3) is 0.933. The zero-order chi connectivity index (χ0) is 13.4. The van der Waals surface area contributed by atoms with Crippen LogP contribution in [0.3, 0.4) is 0 Å². The Hall–Kier alpha value is -0.610. The zero-order valence-electron chi connectivity index (χ0n) is 11.5. The highest BCUT2D eigenvalue weighted by atomic mass is 16.6.